The number of fused-ring (bicyclic) bond motifs is 1. The SMILES string of the molecule is Clc1ccc2nc(CNC3CCCCC3)cn2c1. The molecule has 0 unspecified atom stereocenters. The number of halogens is 1. The van der Waals surface area contributed by atoms with Crippen LogP contribution in [-0.2, 0) is 6.54 Å². The molecular weight excluding hydrogens is 246 g/mol. The molecule has 3 nitrogen and oxygen atoms in total. The smallest absolute Gasteiger partial charge is 0.137 e. The van der Waals surface area contributed by atoms with E-state index in [4.69, 9.17) is 11.6 Å². The molecule has 1 saturated carbocycles. The summed E-state index contributed by atoms with van der Waals surface area (Å²) in [5, 5.41) is 4.35. The largest absolute Gasteiger partial charge is 0.308 e. The molecule has 2 aromatic heterocycles. The molecule has 3 rings (SSSR count). The average molecular weight is 264 g/mol. The van der Waals surface area contributed by atoms with Gasteiger partial charge in [-0.15, -0.1) is 0 Å². The molecule has 0 amide bonds. The van der Waals surface area contributed by atoms with Crippen molar-refractivity contribution in [3.8, 4) is 0 Å². The Morgan fingerprint density at radius 1 is 1.22 bits per heavy atom. The molecule has 1 aliphatic carbocycles. The quantitative estimate of drug-likeness (QED) is 0.920. The van der Waals surface area contributed by atoms with Crippen molar-refractivity contribution in [3.05, 3.63) is 35.2 Å². The molecule has 0 aliphatic heterocycles. The van der Waals surface area contributed by atoms with E-state index in [0.29, 0.717) is 6.04 Å². The lowest BCUT2D eigenvalue weighted by molar-refractivity contribution is 0.371. The van der Waals surface area contributed by atoms with Crippen molar-refractivity contribution in [3.63, 3.8) is 0 Å². The summed E-state index contributed by atoms with van der Waals surface area (Å²) >= 11 is 5.96. The van der Waals surface area contributed by atoms with Crippen LogP contribution < -0.4 is 5.32 Å². The Bertz CT molecular complexity index is 529. The summed E-state index contributed by atoms with van der Waals surface area (Å²) in [6.07, 6.45) is 10.7. The predicted molar refractivity (Wildman–Crippen MR) is 73.9 cm³/mol. The van der Waals surface area contributed by atoms with Crippen molar-refractivity contribution in [1.29, 1.82) is 0 Å². The Morgan fingerprint density at radius 3 is 2.89 bits per heavy atom. The Kier molecular flexibility index (Phi) is 3.52. The van der Waals surface area contributed by atoms with Gasteiger partial charge in [0.05, 0.1) is 10.7 Å². The molecule has 0 radical (unpaired) electrons. The van der Waals surface area contributed by atoms with Crippen molar-refractivity contribution in [2.24, 2.45) is 0 Å². The van der Waals surface area contributed by atoms with Crippen molar-refractivity contribution >= 4 is 17.2 Å². The van der Waals surface area contributed by atoms with Crippen molar-refractivity contribution < 1.29 is 0 Å². The lowest BCUT2D eigenvalue weighted by atomic mass is 9.95. The van der Waals surface area contributed by atoms with Crippen LogP contribution in [0.15, 0.2) is 24.5 Å². The zero-order valence-corrected chi connectivity index (χ0v) is 11.2. The number of nitrogens with one attached hydrogen (secondary N) is 1. The molecule has 0 atom stereocenters. The second-order valence-electron chi connectivity index (χ2n) is 5.06. The Labute approximate surface area is 112 Å². The van der Waals surface area contributed by atoms with Crippen LogP contribution in [0.5, 0.6) is 0 Å². The zero-order valence-electron chi connectivity index (χ0n) is 10.4. The minimum Gasteiger partial charge on any atom is -0.308 e. The van der Waals surface area contributed by atoms with Gasteiger partial charge in [-0.2, -0.15) is 0 Å². The minimum absolute atomic E-state index is 0.673. The molecule has 0 aromatic carbocycles. The van der Waals surface area contributed by atoms with Gasteiger partial charge >= 0.3 is 0 Å². The van der Waals surface area contributed by atoms with E-state index in [1.807, 2.05) is 22.7 Å². The summed E-state index contributed by atoms with van der Waals surface area (Å²) in [5.74, 6) is 0. The van der Waals surface area contributed by atoms with Gasteiger partial charge in [-0.1, -0.05) is 30.9 Å². The number of rotatable bonds is 3. The first-order valence-corrected chi connectivity index (χ1v) is 7.05. The van der Waals surface area contributed by atoms with Gasteiger partial charge in [0.1, 0.15) is 5.65 Å². The van der Waals surface area contributed by atoms with Gasteiger partial charge in [-0.05, 0) is 25.0 Å². The van der Waals surface area contributed by atoms with E-state index >= 15 is 0 Å². The summed E-state index contributed by atoms with van der Waals surface area (Å²) in [7, 11) is 0. The summed E-state index contributed by atoms with van der Waals surface area (Å²) < 4.78 is 1.99. The van der Waals surface area contributed by atoms with E-state index in [9.17, 15) is 0 Å². The Morgan fingerprint density at radius 2 is 2.06 bits per heavy atom. The van der Waals surface area contributed by atoms with Gasteiger partial charge in [0, 0.05) is 25.0 Å². The molecule has 0 bridgehead atoms. The van der Waals surface area contributed by atoms with E-state index in [0.717, 1.165) is 22.9 Å². The second kappa shape index (κ2) is 5.29. The van der Waals surface area contributed by atoms with E-state index < -0.39 is 0 Å². The summed E-state index contributed by atoms with van der Waals surface area (Å²) in [6, 6.07) is 4.50. The van der Waals surface area contributed by atoms with Crippen LogP contribution >= 0.6 is 11.6 Å². The molecule has 2 aromatic rings. The predicted octanol–water partition coefficient (Wildman–Crippen LogP) is 3.41. The molecule has 1 fully saturated rings. The molecule has 0 spiro atoms. The van der Waals surface area contributed by atoms with Crippen molar-refractivity contribution in [1.82, 2.24) is 14.7 Å². The van der Waals surface area contributed by atoms with Crippen LogP contribution in [0.25, 0.3) is 5.65 Å². The number of pyridine rings is 1. The van der Waals surface area contributed by atoms with Gasteiger partial charge in [-0.3, -0.25) is 0 Å². The lowest BCUT2D eigenvalue weighted by Crippen LogP contribution is -2.30. The van der Waals surface area contributed by atoms with Crippen LogP contribution in [0.1, 0.15) is 37.8 Å². The number of imidazole rings is 1. The minimum atomic E-state index is 0.673. The lowest BCUT2D eigenvalue weighted by Gasteiger charge is -2.22. The third-order valence-electron chi connectivity index (χ3n) is 3.64. The third kappa shape index (κ3) is 2.68. The molecule has 96 valence electrons. The first-order chi connectivity index (χ1) is 8.81. The Hall–Kier alpha value is -1.06. The van der Waals surface area contributed by atoms with Crippen LogP contribution in [0, 0.1) is 0 Å². The Balaban J connectivity index is 1.67. The maximum Gasteiger partial charge on any atom is 0.137 e. The van der Waals surface area contributed by atoms with E-state index in [-0.39, 0.29) is 0 Å². The highest BCUT2D eigenvalue weighted by Gasteiger charge is 2.13. The summed E-state index contributed by atoms with van der Waals surface area (Å²) in [6.45, 7) is 0.851. The fraction of sp³-hybridized carbons (Fsp3) is 0.500. The van der Waals surface area contributed by atoms with Crippen LogP contribution in [0.3, 0.4) is 0 Å². The van der Waals surface area contributed by atoms with Crippen LogP contribution in [0.2, 0.25) is 5.02 Å². The number of nitrogens with zero attached hydrogens (tertiary/aromatic N) is 2. The molecular formula is C14H18ClN3. The van der Waals surface area contributed by atoms with Crippen molar-refractivity contribution in [2.75, 3.05) is 0 Å². The molecule has 1 N–H and O–H groups in total. The maximum absolute atomic E-state index is 5.96. The average Bonchev–Trinajstić information content (AvgIpc) is 2.79. The highest BCUT2D eigenvalue weighted by molar-refractivity contribution is 6.30. The van der Waals surface area contributed by atoms with Gasteiger partial charge < -0.3 is 9.72 Å². The fourth-order valence-corrected chi connectivity index (χ4v) is 2.83. The highest BCUT2D eigenvalue weighted by Crippen LogP contribution is 2.18. The first-order valence-electron chi connectivity index (χ1n) is 6.68. The molecule has 18 heavy (non-hydrogen) atoms. The first kappa shape index (κ1) is 12.0. The normalized spacial score (nSPS) is 17.4. The van der Waals surface area contributed by atoms with E-state index in [1.54, 1.807) is 0 Å². The number of aromatic nitrogens is 2. The maximum atomic E-state index is 5.96. The number of hydrogen-bond donors (Lipinski definition) is 1. The standard InChI is InChI=1S/C14H18ClN3/c15-11-6-7-14-17-13(10-18(14)9-11)8-16-12-4-2-1-3-5-12/h6-7,9-10,12,16H,1-5,8H2. The number of hydrogen-bond acceptors (Lipinski definition) is 2. The molecule has 0 saturated heterocycles. The zero-order chi connectivity index (χ0) is 12.4. The second-order valence-corrected chi connectivity index (χ2v) is 5.50. The van der Waals surface area contributed by atoms with Crippen LogP contribution in [-0.4, -0.2) is 15.4 Å². The van der Waals surface area contributed by atoms with Crippen LogP contribution in [0.4, 0.5) is 0 Å². The van der Waals surface area contributed by atoms with Gasteiger partial charge in [-0.25, -0.2) is 4.98 Å². The van der Waals surface area contributed by atoms with Gasteiger partial charge in [0.2, 0.25) is 0 Å². The van der Waals surface area contributed by atoms with Gasteiger partial charge in [0.25, 0.3) is 0 Å². The third-order valence-corrected chi connectivity index (χ3v) is 3.87. The van der Waals surface area contributed by atoms with E-state index in [1.165, 1.54) is 32.1 Å². The van der Waals surface area contributed by atoms with E-state index in [2.05, 4.69) is 16.5 Å². The molecule has 2 heterocycles. The molecule has 1 aliphatic rings. The fourth-order valence-electron chi connectivity index (χ4n) is 2.66. The topological polar surface area (TPSA) is 29.3 Å². The summed E-state index contributed by atoms with van der Waals surface area (Å²) in [5.41, 5.74) is 2.04. The molecule has 4 heteroatoms. The monoisotopic (exact) mass is 263 g/mol. The van der Waals surface area contributed by atoms with Crippen molar-refractivity contribution in [2.45, 2.75) is 44.7 Å². The summed E-state index contributed by atoms with van der Waals surface area (Å²) in [4.78, 5) is 4.58. The van der Waals surface area contributed by atoms with Gasteiger partial charge in [0.15, 0.2) is 0 Å². The highest BCUT2D eigenvalue weighted by atomic mass is 35.5.